The number of hydrogen-bond donors (Lipinski definition) is 0. The van der Waals surface area contributed by atoms with Crippen LogP contribution >= 0.6 is 11.6 Å². The van der Waals surface area contributed by atoms with Crippen LogP contribution in [0, 0.1) is 0 Å². The summed E-state index contributed by atoms with van der Waals surface area (Å²) >= 11 is 5.48. The van der Waals surface area contributed by atoms with Crippen LogP contribution in [0.4, 0.5) is 13.2 Å². The quantitative estimate of drug-likeness (QED) is 0.589. The van der Waals surface area contributed by atoms with Gasteiger partial charge in [-0.25, -0.2) is 0 Å². The Balaban J connectivity index is 2.62. The second kappa shape index (κ2) is 3.11. The largest absolute Gasteiger partial charge is 0.524 e. The molecule has 1 aliphatic carbocycles. The first-order chi connectivity index (χ1) is 5.41. The molecule has 1 aliphatic rings. The number of hydrogen-bond acceptors (Lipinski definition) is 1. The van der Waals surface area contributed by atoms with Crippen molar-refractivity contribution in [2.24, 2.45) is 0 Å². The highest BCUT2D eigenvalue weighted by Crippen LogP contribution is 2.34. The number of halogens is 4. The zero-order valence-electron chi connectivity index (χ0n) is 5.94. The maximum absolute atomic E-state index is 11.7. The molecule has 0 aliphatic heterocycles. The van der Waals surface area contributed by atoms with Gasteiger partial charge in [-0.2, -0.15) is 0 Å². The molecule has 0 heterocycles. The number of ether oxygens (including phenoxy) is 1. The van der Waals surface area contributed by atoms with Crippen molar-refractivity contribution in [3.05, 3.63) is 24.3 Å². The van der Waals surface area contributed by atoms with E-state index < -0.39 is 11.4 Å². The Morgan fingerprint density at radius 3 is 2.42 bits per heavy atom. The first-order valence-corrected chi connectivity index (χ1v) is 3.59. The zero-order chi connectivity index (χ0) is 9.24. The molecule has 0 N–H and O–H groups in total. The van der Waals surface area contributed by atoms with Crippen molar-refractivity contribution < 1.29 is 17.9 Å². The van der Waals surface area contributed by atoms with Gasteiger partial charge in [0.25, 0.3) is 0 Å². The van der Waals surface area contributed by atoms with Crippen LogP contribution in [-0.2, 0) is 4.74 Å². The monoisotopic (exact) mass is 198 g/mol. The normalized spacial score (nSPS) is 29.3. The van der Waals surface area contributed by atoms with Crippen molar-refractivity contribution in [1.82, 2.24) is 0 Å². The first-order valence-electron chi connectivity index (χ1n) is 3.21. The van der Waals surface area contributed by atoms with Crippen molar-refractivity contribution in [2.45, 2.75) is 17.8 Å². The molecule has 0 fully saturated rings. The van der Waals surface area contributed by atoms with Crippen molar-refractivity contribution in [3.63, 3.8) is 0 Å². The van der Waals surface area contributed by atoms with E-state index in [1.165, 1.54) is 18.2 Å². The predicted molar refractivity (Wildman–Crippen MR) is 38.6 cm³/mol. The highest BCUT2D eigenvalue weighted by molar-refractivity contribution is 6.24. The van der Waals surface area contributed by atoms with Crippen molar-refractivity contribution >= 4 is 11.6 Å². The van der Waals surface area contributed by atoms with E-state index in [1.807, 2.05) is 0 Å². The summed E-state index contributed by atoms with van der Waals surface area (Å²) in [4.78, 5) is 0. The van der Waals surface area contributed by atoms with Crippen molar-refractivity contribution in [1.29, 1.82) is 0 Å². The minimum absolute atomic E-state index is 0.0184. The molecule has 0 aromatic carbocycles. The third-order valence-corrected chi connectivity index (χ3v) is 1.63. The summed E-state index contributed by atoms with van der Waals surface area (Å²) in [5.74, 6) is 0. The summed E-state index contributed by atoms with van der Waals surface area (Å²) in [6.45, 7) is 0. The molecular formula is C7H6ClF3O. The van der Waals surface area contributed by atoms with E-state index in [-0.39, 0.29) is 6.42 Å². The van der Waals surface area contributed by atoms with E-state index >= 15 is 0 Å². The van der Waals surface area contributed by atoms with E-state index in [1.54, 1.807) is 6.08 Å². The Labute approximate surface area is 72.5 Å². The molecule has 0 bridgehead atoms. The first kappa shape index (κ1) is 9.61. The van der Waals surface area contributed by atoms with Crippen LogP contribution in [0.1, 0.15) is 6.42 Å². The van der Waals surface area contributed by atoms with Gasteiger partial charge in [0.15, 0.2) is 5.06 Å². The molecular weight excluding hydrogens is 193 g/mol. The molecule has 1 nitrogen and oxygen atoms in total. The van der Waals surface area contributed by atoms with Crippen LogP contribution in [-0.4, -0.2) is 11.4 Å². The number of alkyl halides is 4. The summed E-state index contributed by atoms with van der Waals surface area (Å²) in [6.07, 6.45) is 1.03. The Bertz CT molecular complexity index is 221. The fourth-order valence-electron chi connectivity index (χ4n) is 0.843. The van der Waals surface area contributed by atoms with Gasteiger partial charge < -0.3 is 0 Å². The molecule has 1 rings (SSSR count). The number of rotatable bonds is 1. The average molecular weight is 199 g/mol. The minimum atomic E-state index is -4.70. The van der Waals surface area contributed by atoms with E-state index in [0.717, 1.165) is 0 Å². The minimum Gasteiger partial charge on any atom is -0.265 e. The van der Waals surface area contributed by atoms with Gasteiger partial charge in [-0.3, -0.25) is 4.74 Å². The molecule has 0 saturated heterocycles. The predicted octanol–water partition coefficient (Wildman–Crippen LogP) is 2.97. The molecule has 0 aromatic rings. The van der Waals surface area contributed by atoms with Gasteiger partial charge in [0.05, 0.1) is 0 Å². The smallest absolute Gasteiger partial charge is 0.265 e. The molecule has 12 heavy (non-hydrogen) atoms. The van der Waals surface area contributed by atoms with E-state index in [0.29, 0.717) is 0 Å². The Morgan fingerprint density at radius 2 is 2.00 bits per heavy atom. The molecule has 0 radical (unpaired) electrons. The van der Waals surface area contributed by atoms with Crippen LogP contribution in [0.3, 0.4) is 0 Å². The van der Waals surface area contributed by atoms with Crippen LogP contribution in [0.5, 0.6) is 0 Å². The average Bonchev–Trinajstić information content (AvgIpc) is 1.83. The highest BCUT2D eigenvalue weighted by atomic mass is 35.5. The van der Waals surface area contributed by atoms with Gasteiger partial charge in [-0.15, -0.1) is 13.2 Å². The Kier molecular flexibility index (Phi) is 2.49. The lowest BCUT2D eigenvalue weighted by molar-refractivity contribution is -0.344. The zero-order valence-corrected chi connectivity index (χ0v) is 6.69. The van der Waals surface area contributed by atoms with Gasteiger partial charge in [-0.1, -0.05) is 29.8 Å². The lowest BCUT2D eigenvalue weighted by Crippen LogP contribution is -2.31. The van der Waals surface area contributed by atoms with Crippen molar-refractivity contribution in [2.75, 3.05) is 0 Å². The lowest BCUT2D eigenvalue weighted by Gasteiger charge is -2.24. The third-order valence-electron chi connectivity index (χ3n) is 1.27. The van der Waals surface area contributed by atoms with Crippen LogP contribution in [0.2, 0.25) is 0 Å². The summed E-state index contributed by atoms with van der Waals surface area (Å²) in [5, 5.41) is -1.76. The summed E-state index contributed by atoms with van der Waals surface area (Å²) < 4.78 is 38.9. The fourth-order valence-corrected chi connectivity index (χ4v) is 1.09. The van der Waals surface area contributed by atoms with Crippen LogP contribution in [0.25, 0.3) is 0 Å². The van der Waals surface area contributed by atoms with Gasteiger partial charge in [0.1, 0.15) is 0 Å². The Hall–Kier alpha value is -0.480. The SMILES string of the molecule is FC(F)(F)OC1(Cl)C=CC=CC1. The standard InChI is InChI=1S/C7H6ClF3O/c8-6(12-7(9,10)11)4-2-1-3-5-6/h1-4H,5H2. The molecule has 1 atom stereocenters. The van der Waals surface area contributed by atoms with Gasteiger partial charge in [0.2, 0.25) is 0 Å². The maximum atomic E-state index is 11.7. The van der Waals surface area contributed by atoms with Crippen molar-refractivity contribution in [3.8, 4) is 0 Å². The molecule has 0 spiro atoms. The number of allylic oxidation sites excluding steroid dienone is 2. The molecule has 0 aromatic heterocycles. The molecule has 0 amide bonds. The summed E-state index contributed by atoms with van der Waals surface area (Å²) in [6, 6.07) is 0. The topological polar surface area (TPSA) is 9.23 Å². The van der Waals surface area contributed by atoms with Crippen LogP contribution in [0.15, 0.2) is 24.3 Å². The van der Waals surface area contributed by atoms with Gasteiger partial charge in [-0.05, 0) is 6.08 Å². The molecule has 5 heteroatoms. The maximum Gasteiger partial charge on any atom is 0.524 e. The van der Waals surface area contributed by atoms with Gasteiger partial charge in [0, 0.05) is 6.42 Å². The van der Waals surface area contributed by atoms with Gasteiger partial charge >= 0.3 is 6.36 Å². The summed E-state index contributed by atoms with van der Waals surface area (Å²) in [7, 11) is 0. The highest BCUT2D eigenvalue weighted by Gasteiger charge is 2.40. The lowest BCUT2D eigenvalue weighted by atomic mass is 10.1. The second-order valence-electron chi connectivity index (χ2n) is 2.33. The molecule has 1 unspecified atom stereocenters. The fraction of sp³-hybridized carbons (Fsp3) is 0.429. The van der Waals surface area contributed by atoms with Crippen LogP contribution < -0.4 is 0 Å². The summed E-state index contributed by atoms with van der Waals surface area (Å²) in [5.41, 5.74) is 0. The molecule has 68 valence electrons. The second-order valence-corrected chi connectivity index (χ2v) is 2.97. The third kappa shape index (κ3) is 2.87. The van der Waals surface area contributed by atoms with E-state index in [9.17, 15) is 13.2 Å². The molecule has 0 saturated carbocycles. The van der Waals surface area contributed by atoms with E-state index in [2.05, 4.69) is 4.74 Å². The Morgan fingerprint density at radius 1 is 1.33 bits per heavy atom. The van der Waals surface area contributed by atoms with E-state index in [4.69, 9.17) is 11.6 Å².